The molecule has 0 saturated heterocycles. The Bertz CT molecular complexity index is 651. The Balaban J connectivity index is 2.41. The van der Waals surface area contributed by atoms with Gasteiger partial charge in [-0.05, 0) is 29.8 Å². The maximum absolute atomic E-state index is 12.7. The molecule has 0 fully saturated rings. The lowest BCUT2D eigenvalue weighted by atomic mass is 10.1. The van der Waals surface area contributed by atoms with E-state index in [9.17, 15) is 8.42 Å². The lowest BCUT2D eigenvalue weighted by Crippen LogP contribution is -2.54. The molecular weight excluding hydrogens is 274 g/mol. The molecule has 5 heteroatoms. The summed E-state index contributed by atoms with van der Waals surface area (Å²) in [5, 5.41) is -0.628. The summed E-state index contributed by atoms with van der Waals surface area (Å²) in [5.41, 5.74) is 4.55. The number of quaternary nitrogens is 1. The second-order valence-corrected chi connectivity index (χ2v) is 6.54. The molecule has 0 bridgehead atoms. The van der Waals surface area contributed by atoms with E-state index in [4.69, 9.17) is 4.74 Å². The second kappa shape index (κ2) is 6.07. The van der Waals surface area contributed by atoms with Gasteiger partial charge in [-0.25, -0.2) is 8.42 Å². The first kappa shape index (κ1) is 14.6. The van der Waals surface area contributed by atoms with Crippen molar-refractivity contribution in [3.05, 3.63) is 60.2 Å². The van der Waals surface area contributed by atoms with Crippen LogP contribution in [0, 0.1) is 0 Å². The largest absolute Gasteiger partial charge is 0.497 e. The maximum atomic E-state index is 12.7. The molecule has 2 aromatic rings. The van der Waals surface area contributed by atoms with Crippen LogP contribution in [0.1, 0.15) is 10.8 Å². The molecule has 0 aliphatic rings. The first-order valence-corrected chi connectivity index (χ1v) is 7.86. The van der Waals surface area contributed by atoms with Gasteiger partial charge in [-0.3, -0.25) is 0 Å². The van der Waals surface area contributed by atoms with Gasteiger partial charge in [0, 0.05) is 0 Å². The fourth-order valence-corrected chi connectivity index (χ4v) is 3.77. The zero-order valence-corrected chi connectivity index (χ0v) is 12.1. The summed E-state index contributed by atoms with van der Waals surface area (Å²) in [6, 6.07) is 15.6. The fourth-order valence-electron chi connectivity index (χ4n) is 2.10. The van der Waals surface area contributed by atoms with Gasteiger partial charge in [0.2, 0.25) is 0 Å². The van der Waals surface area contributed by atoms with Crippen molar-refractivity contribution in [3.63, 3.8) is 0 Å². The van der Waals surface area contributed by atoms with Crippen molar-refractivity contribution in [1.29, 1.82) is 0 Å². The molecule has 3 N–H and O–H groups in total. The smallest absolute Gasteiger partial charge is 0.190 e. The van der Waals surface area contributed by atoms with E-state index in [1.807, 2.05) is 30.3 Å². The first-order valence-electron chi connectivity index (χ1n) is 6.31. The van der Waals surface area contributed by atoms with Crippen molar-refractivity contribution in [2.24, 2.45) is 0 Å². The molecule has 2 aromatic carbocycles. The number of hydrogen-bond acceptors (Lipinski definition) is 3. The average Bonchev–Trinajstić information content (AvgIpc) is 2.49. The van der Waals surface area contributed by atoms with Gasteiger partial charge in [0.05, 0.1) is 18.6 Å². The van der Waals surface area contributed by atoms with E-state index in [-0.39, 0.29) is 4.90 Å². The zero-order valence-electron chi connectivity index (χ0n) is 11.3. The molecule has 0 amide bonds. The predicted molar refractivity (Wildman–Crippen MR) is 77.1 cm³/mol. The minimum absolute atomic E-state index is 0.288. The van der Waals surface area contributed by atoms with Crippen molar-refractivity contribution < 1.29 is 18.9 Å². The van der Waals surface area contributed by atoms with Crippen LogP contribution in [0.25, 0.3) is 0 Å². The maximum Gasteiger partial charge on any atom is 0.190 e. The Labute approximate surface area is 119 Å². The normalized spacial score (nSPS) is 12.9. The lowest BCUT2D eigenvalue weighted by Gasteiger charge is -2.15. The van der Waals surface area contributed by atoms with Crippen LogP contribution in [0.5, 0.6) is 5.75 Å². The monoisotopic (exact) mass is 292 g/mol. The molecular formula is C15H18NO3S+. The molecule has 0 aliphatic carbocycles. The molecule has 0 heterocycles. The molecule has 0 aliphatic heterocycles. The van der Waals surface area contributed by atoms with Crippen molar-refractivity contribution in [3.8, 4) is 5.75 Å². The SMILES string of the molecule is COc1ccc(S(=O)(=O)[C@@H](C[NH3+])c2ccccc2)cc1. The van der Waals surface area contributed by atoms with Crippen LogP contribution in [0.4, 0.5) is 0 Å². The van der Waals surface area contributed by atoms with Gasteiger partial charge < -0.3 is 10.5 Å². The fraction of sp³-hybridized carbons (Fsp3) is 0.200. The molecule has 0 spiro atoms. The summed E-state index contributed by atoms with van der Waals surface area (Å²) in [6.07, 6.45) is 0. The van der Waals surface area contributed by atoms with Crippen LogP contribution in [-0.2, 0) is 9.84 Å². The number of rotatable bonds is 5. The molecule has 0 unspecified atom stereocenters. The predicted octanol–water partition coefficient (Wildman–Crippen LogP) is 1.45. The summed E-state index contributed by atoms with van der Waals surface area (Å²) in [5.74, 6) is 0.634. The Kier molecular flexibility index (Phi) is 4.42. The topological polar surface area (TPSA) is 71.0 Å². The van der Waals surface area contributed by atoms with E-state index in [1.54, 1.807) is 31.4 Å². The number of ether oxygens (including phenoxy) is 1. The molecule has 1 atom stereocenters. The van der Waals surface area contributed by atoms with Crippen molar-refractivity contribution in [2.75, 3.05) is 13.7 Å². The molecule has 20 heavy (non-hydrogen) atoms. The van der Waals surface area contributed by atoms with Gasteiger partial charge in [-0.2, -0.15) is 0 Å². The van der Waals surface area contributed by atoms with Crippen molar-refractivity contribution in [2.45, 2.75) is 10.1 Å². The third kappa shape index (κ3) is 2.84. The van der Waals surface area contributed by atoms with E-state index in [0.717, 1.165) is 5.56 Å². The minimum atomic E-state index is -3.45. The Hall–Kier alpha value is -1.85. The van der Waals surface area contributed by atoms with Crippen LogP contribution in [-0.4, -0.2) is 22.1 Å². The van der Waals surface area contributed by atoms with Crippen LogP contribution in [0.15, 0.2) is 59.5 Å². The number of sulfone groups is 1. The third-order valence-corrected chi connectivity index (χ3v) is 5.38. The van der Waals surface area contributed by atoms with Gasteiger partial charge in [0.15, 0.2) is 9.84 Å². The van der Waals surface area contributed by atoms with Crippen LogP contribution >= 0.6 is 0 Å². The quantitative estimate of drug-likeness (QED) is 0.906. The van der Waals surface area contributed by atoms with Crippen LogP contribution in [0.2, 0.25) is 0 Å². The first-order chi connectivity index (χ1) is 9.59. The van der Waals surface area contributed by atoms with Crippen molar-refractivity contribution >= 4 is 9.84 Å². The Morgan fingerprint density at radius 3 is 2.15 bits per heavy atom. The summed E-state index contributed by atoms with van der Waals surface area (Å²) < 4.78 is 30.4. The van der Waals surface area contributed by atoms with Gasteiger partial charge in [-0.1, -0.05) is 30.3 Å². The highest BCUT2D eigenvalue weighted by Crippen LogP contribution is 2.28. The minimum Gasteiger partial charge on any atom is -0.497 e. The molecule has 106 valence electrons. The Morgan fingerprint density at radius 1 is 1.05 bits per heavy atom. The molecule has 0 saturated carbocycles. The number of benzene rings is 2. The summed E-state index contributed by atoms with van der Waals surface area (Å²) in [7, 11) is -1.90. The zero-order chi connectivity index (χ0) is 14.6. The van der Waals surface area contributed by atoms with Gasteiger partial charge in [0.1, 0.15) is 11.0 Å². The highest BCUT2D eigenvalue weighted by Gasteiger charge is 2.29. The molecule has 0 aromatic heterocycles. The number of hydrogen-bond donors (Lipinski definition) is 1. The second-order valence-electron chi connectivity index (χ2n) is 4.41. The van der Waals surface area contributed by atoms with Gasteiger partial charge in [0.25, 0.3) is 0 Å². The van der Waals surface area contributed by atoms with E-state index < -0.39 is 15.1 Å². The summed E-state index contributed by atoms with van der Waals surface area (Å²) in [6.45, 7) is 0.290. The third-order valence-electron chi connectivity index (χ3n) is 3.20. The van der Waals surface area contributed by atoms with E-state index in [1.165, 1.54) is 0 Å². The van der Waals surface area contributed by atoms with E-state index in [0.29, 0.717) is 12.3 Å². The highest BCUT2D eigenvalue weighted by molar-refractivity contribution is 7.91. The molecule has 4 nitrogen and oxygen atoms in total. The van der Waals surface area contributed by atoms with Gasteiger partial charge in [-0.15, -0.1) is 0 Å². The molecule has 2 rings (SSSR count). The summed E-state index contributed by atoms with van der Waals surface area (Å²) in [4.78, 5) is 0.288. The molecule has 0 radical (unpaired) electrons. The van der Waals surface area contributed by atoms with Gasteiger partial charge >= 0.3 is 0 Å². The van der Waals surface area contributed by atoms with Crippen LogP contribution in [0.3, 0.4) is 0 Å². The standard InChI is InChI=1S/C15H17NO3S/c1-19-13-7-9-14(10-8-13)20(17,18)15(11-16)12-5-3-2-4-6-12/h2-10,15H,11,16H2,1H3/p+1/t15-/m0/s1. The number of methoxy groups -OCH3 is 1. The average molecular weight is 292 g/mol. The van der Waals surface area contributed by atoms with E-state index in [2.05, 4.69) is 5.73 Å². The van der Waals surface area contributed by atoms with E-state index >= 15 is 0 Å². The van der Waals surface area contributed by atoms with Crippen LogP contribution < -0.4 is 10.5 Å². The summed E-state index contributed by atoms with van der Waals surface area (Å²) >= 11 is 0. The Morgan fingerprint density at radius 2 is 1.65 bits per heavy atom. The highest BCUT2D eigenvalue weighted by atomic mass is 32.2. The van der Waals surface area contributed by atoms with Crippen molar-refractivity contribution in [1.82, 2.24) is 0 Å². The lowest BCUT2D eigenvalue weighted by molar-refractivity contribution is -0.367.